The zero-order chi connectivity index (χ0) is 14.4. The van der Waals surface area contributed by atoms with E-state index in [9.17, 15) is 0 Å². The molecule has 1 unspecified atom stereocenters. The molecule has 0 spiro atoms. The third kappa shape index (κ3) is 4.55. The van der Waals surface area contributed by atoms with Crippen molar-refractivity contribution in [3.05, 3.63) is 28.8 Å². The summed E-state index contributed by atoms with van der Waals surface area (Å²) in [4.78, 5) is 0. The van der Waals surface area contributed by atoms with E-state index in [1.165, 1.54) is 24.3 Å². The summed E-state index contributed by atoms with van der Waals surface area (Å²) in [5.74, 6) is 9.96. The Bertz CT molecular complexity index is 424. The summed E-state index contributed by atoms with van der Waals surface area (Å²) in [6.45, 7) is 0. The zero-order valence-corrected chi connectivity index (χ0v) is 13.5. The molecule has 0 aliphatic carbocycles. The van der Waals surface area contributed by atoms with E-state index in [0.29, 0.717) is 0 Å². The van der Waals surface area contributed by atoms with Crippen LogP contribution in [-0.4, -0.2) is 24.7 Å². The van der Waals surface area contributed by atoms with E-state index in [-0.39, 0.29) is 6.04 Å². The highest BCUT2D eigenvalue weighted by molar-refractivity contribution is 7.99. The van der Waals surface area contributed by atoms with Gasteiger partial charge in [-0.15, -0.1) is 0 Å². The maximum atomic E-state index is 6.08. The summed E-state index contributed by atoms with van der Waals surface area (Å²) in [6.07, 6.45) is 4.57. The Balaban J connectivity index is 1.99. The van der Waals surface area contributed by atoms with Crippen LogP contribution >= 0.6 is 23.4 Å². The molecule has 5 heteroatoms. The molecule has 20 heavy (non-hydrogen) atoms. The minimum Gasteiger partial charge on any atom is -0.496 e. The number of nitrogens with one attached hydrogen (secondary N) is 1. The number of halogens is 1. The van der Waals surface area contributed by atoms with Crippen molar-refractivity contribution >= 4 is 23.4 Å². The molecule has 1 aromatic carbocycles. The van der Waals surface area contributed by atoms with Gasteiger partial charge in [0, 0.05) is 11.1 Å². The van der Waals surface area contributed by atoms with Crippen LogP contribution in [0.3, 0.4) is 0 Å². The minimum atomic E-state index is 0.274. The molecule has 0 amide bonds. The fourth-order valence-electron chi connectivity index (χ4n) is 2.77. The van der Waals surface area contributed by atoms with Crippen LogP contribution in [0.15, 0.2) is 18.2 Å². The third-order valence-corrected chi connectivity index (χ3v) is 5.19. The van der Waals surface area contributed by atoms with Crippen molar-refractivity contribution in [1.29, 1.82) is 0 Å². The zero-order valence-electron chi connectivity index (χ0n) is 11.9. The second kappa shape index (κ2) is 8.13. The van der Waals surface area contributed by atoms with E-state index in [1.54, 1.807) is 7.11 Å². The molecule has 1 fully saturated rings. The highest BCUT2D eigenvalue weighted by atomic mass is 35.5. The molecule has 0 aromatic heterocycles. The smallest absolute Gasteiger partial charge is 0.122 e. The van der Waals surface area contributed by atoms with Gasteiger partial charge in [-0.25, -0.2) is 0 Å². The average molecular weight is 315 g/mol. The Labute approximate surface area is 130 Å². The van der Waals surface area contributed by atoms with Crippen LogP contribution in [0.2, 0.25) is 5.02 Å². The van der Waals surface area contributed by atoms with E-state index < -0.39 is 0 Å². The second-order valence-corrected chi connectivity index (χ2v) is 6.98. The van der Waals surface area contributed by atoms with Crippen LogP contribution in [-0.2, 0) is 6.42 Å². The molecule has 0 radical (unpaired) electrons. The minimum absolute atomic E-state index is 0.274. The number of hydrogen-bond donors (Lipinski definition) is 2. The number of thioether (sulfide) groups is 1. The number of hydrazine groups is 1. The first-order chi connectivity index (χ1) is 9.72. The van der Waals surface area contributed by atoms with Crippen molar-refractivity contribution in [3.63, 3.8) is 0 Å². The van der Waals surface area contributed by atoms with E-state index in [2.05, 4.69) is 17.2 Å². The number of ether oxygens (including phenoxy) is 1. The molecule has 1 aliphatic heterocycles. The van der Waals surface area contributed by atoms with Crippen LogP contribution in [0, 0.1) is 5.92 Å². The number of nitrogens with two attached hydrogens (primary N) is 1. The lowest BCUT2D eigenvalue weighted by atomic mass is 9.91. The number of rotatable bonds is 6. The molecular formula is C15H23ClN2OS. The monoisotopic (exact) mass is 314 g/mol. The number of hydrogen-bond acceptors (Lipinski definition) is 4. The average Bonchev–Trinajstić information content (AvgIpc) is 2.48. The van der Waals surface area contributed by atoms with Crippen molar-refractivity contribution in [2.24, 2.45) is 11.8 Å². The van der Waals surface area contributed by atoms with Crippen LogP contribution in [0.4, 0.5) is 0 Å². The Morgan fingerprint density at radius 3 is 2.85 bits per heavy atom. The molecule has 1 heterocycles. The fourth-order valence-corrected chi connectivity index (χ4v) is 4.17. The van der Waals surface area contributed by atoms with Crippen LogP contribution in [0.25, 0.3) is 0 Å². The summed E-state index contributed by atoms with van der Waals surface area (Å²) in [6, 6.07) is 6.02. The number of methoxy groups -OCH3 is 1. The Morgan fingerprint density at radius 2 is 2.20 bits per heavy atom. The predicted molar refractivity (Wildman–Crippen MR) is 87.5 cm³/mol. The molecule has 1 aromatic rings. The lowest BCUT2D eigenvalue weighted by molar-refractivity contribution is 0.359. The molecule has 3 nitrogen and oxygen atoms in total. The van der Waals surface area contributed by atoms with Crippen LogP contribution in [0.5, 0.6) is 5.75 Å². The van der Waals surface area contributed by atoms with E-state index in [1.807, 2.05) is 18.2 Å². The lowest BCUT2D eigenvalue weighted by Crippen LogP contribution is -2.38. The van der Waals surface area contributed by atoms with Gasteiger partial charge in [0.1, 0.15) is 5.75 Å². The SMILES string of the molecule is COc1ccc(Cl)cc1CC(CC1CCSCC1)NN. The number of benzene rings is 1. The van der Waals surface area contributed by atoms with E-state index in [0.717, 1.165) is 35.1 Å². The summed E-state index contributed by atoms with van der Waals surface area (Å²) in [5.41, 5.74) is 4.08. The normalized spacial score (nSPS) is 17.9. The highest BCUT2D eigenvalue weighted by Crippen LogP contribution is 2.29. The molecule has 1 aliphatic rings. The van der Waals surface area contributed by atoms with Gasteiger partial charge in [0.15, 0.2) is 0 Å². The largest absolute Gasteiger partial charge is 0.496 e. The van der Waals surface area contributed by atoms with Crippen molar-refractivity contribution < 1.29 is 4.74 Å². The maximum Gasteiger partial charge on any atom is 0.122 e. The fraction of sp³-hybridized carbons (Fsp3) is 0.600. The van der Waals surface area contributed by atoms with Crippen LogP contribution < -0.4 is 16.0 Å². The van der Waals surface area contributed by atoms with Gasteiger partial charge in [-0.3, -0.25) is 11.3 Å². The van der Waals surface area contributed by atoms with Crippen molar-refractivity contribution in [1.82, 2.24) is 5.43 Å². The molecular weight excluding hydrogens is 292 g/mol. The molecule has 3 N–H and O–H groups in total. The third-order valence-electron chi connectivity index (χ3n) is 3.90. The van der Waals surface area contributed by atoms with Gasteiger partial charge in [0.05, 0.1) is 7.11 Å². The first-order valence-corrected chi connectivity index (χ1v) is 8.62. The van der Waals surface area contributed by atoms with E-state index >= 15 is 0 Å². The molecule has 2 rings (SSSR count). The van der Waals surface area contributed by atoms with E-state index in [4.69, 9.17) is 22.2 Å². The summed E-state index contributed by atoms with van der Waals surface area (Å²) in [7, 11) is 1.69. The highest BCUT2D eigenvalue weighted by Gasteiger charge is 2.20. The Kier molecular flexibility index (Phi) is 6.49. The Hall–Kier alpha value is -0.420. The van der Waals surface area contributed by atoms with Gasteiger partial charge in [-0.2, -0.15) is 11.8 Å². The topological polar surface area (TPSA) is 47.3 Å². The molecule has 1 atom stereocenters. The van der Waals surface area contributed by atoms with Gasteiger partial charge in [0.2, 0.25) is 0 Å². The van der Waals surface area contributed by atoms with Gasteiger partial charge in [-0.1, -0.05) is 11.6 Å². The maximum absolute atomic E-state index is 6.08. The van der Waals surface area contributed by atoms with Crippen molar-refractivity contribution in [2.45, 2.75) is 31.7 Å². The lowest BCUT2D eigenvalue weighted by Gasteiger charge is -2.26. The van der Waals surface area contributed by atoms with Gasteiger partial charge < -0.3 is 4.74 Å². The molecule has 112 valence electrons. The van der Waals surface area contributed by atoms with Crippen molar-refractivity contribution in [2.75, 3.05) is 18.6 Å². The Morgan fingerprint density at radius 1 is 1.45 bits per heavy atom. The summed E-state index contributed by atoms with van der Waals surface area (Å²) in [5, 5.41) is 0.741. The van der Waals surface area contributed by atoms with Gasteiger partial charge in [0.25, 0.3) is 0 Å². The van der Waals surface area contributed by atoms with Gasteiger partial charge in [-0.05, 0) is 66.9 Å². The second-order valence-electron chi connectivity index (χ2n) is 5.32. The predicted octanol–water partition coefficient (Wildman–Crippen LogP) is 3.26. The summed E-state index contributed by atoms with van der Waals surface area (Å²) >= 11 is 8.14. The standard InChI is InChI=1S/C15H23ClN2OS/c1-19-15-3-2-13(16)9-12(15)10-14(18-17)8-11-4-6-20-7-5-11/h2-3,9,11,14,18H,4-8,10,17H2,1H3. The van der Waals surface area contributed by atoms with Crippen molar-refractivity contribution in [3.8, 4) is 5.75 Å². The first kappa shape index (κ1) is 16.0. The van der Waals surface area contributed by atoms with Crippen LogP contribution in [0.1, 0.15) is 24.8 Å². The quantitative estimate of drug-likeness (QED) is 0.625. The molecule has 1 saturated heterocycles. The molecule has 0 bridgehead atoms. The summed E-state index contributed by atoms with van der Waals surface area (Å²) < 4.78 is 5.41. The van der Waals surface area contributed by atoms with Gasteiger partial charge >= 0.3 is 0 Å². The molecule has 0 saturated carbocycles. The first-order valence-electron chi connectivity index (χ1n) is 7.09.